The van der Waals surface area contributed by atoms with E-state index in [1.165, 1.54) is 0 Å². The second kappa shape index (κ2) is 6.49. The zero-order valence-corrected chi connectivity index (χ0v) is 11.0. The number of morpholine rings is 1. The second-order valence-corrected chi connectivity index (χ2v) is 4.37. The molecule has 6 heteroatoms. The van der Waals surface area contributed by atoms with Gasteiger partial charge in [0.15, 0.2) is 0 Å². The number of pyridine rings is 1. The molecule has 0 saturated carbocycles. The first kappa shape index (κ1) is 13.8. The van der Waals surface area contributed by atoms with Crippen LogP contribution >= 0.6 is 0 Å². The van der Waals surface area contributed by atoms with Crippen LogP contribution in [0.15, 0.2) is 18.3 Å². The Kier molecular flexibility index (Phi) is 4.70. The topological polar surface area (TPSA) is 74.7 Å². The van der Waals surface area contributed by atoms with Gasteiger partial charge in [-0.25, -0.2) is 4.98 Å². The maximum absolute atomic E-state index is 12.3. The molecule has 0 spiro atoms. The average Bonchev–Trinajstić information content (AvgIpc) is 2.47. The average molecular weight is 265 g/mol. The van der Waals surface area contributed by atoms with E-state index in [2.05, 4.69) is 10.3 Å². The Balaban J connectivity index is 2.09. The number of carbonyl (C=O) groups excluding carboxylic acids is 1. The van der Waals surface area contributed by atoms with Crippen molar-refractivity contribution in [1.29, 1.82) is 0 Å². The monoisotopic (exact) mass is 265 g/mol. The number of nitrogens with zero attached hydrogens (tertiary/aromatic N) is 2. The van der Waals surface area contributed by atoms with E-state index in [1.54, 1.807) is 17.2 Å². The molecule has 1 unspecified atom stereocenters. The van der Waals surface area contributed by atoms with Gasteiger partial charge < -0.3 is 20.1 Å². The molecule has 104 valence electrons. The molecule has 2 rings (SSSR count). The van der Waals surface area contributed by atoms with Gasteiger partial charge in [-0.3, -0.25) is 4.79 Å². The van der Waals surface area contributed by atoms with Gasteiger partial charge in [-0.05, 0) is 19.1 Å². The fraction of sp³-hybridized carbons (Fsp3) is 0.538. The number of aliphatic hydroxyl groups is 1. The minimum absolute atomic E-state index is 0.0960. The van der Waals surface area contributed by atoms with Crippen LogP contribution in [0.25, 0.3) is 0 Å². The molecule has 0 bridgehead atoms. The van der Waals surface area contributed by atoms with Gasteiger partial charge in [0.25, 0.3) is 5.91 Å². The largest absolute Gasteiger partial charge is 0.394 e. The molecule has 19 heavy (non-hydrogen) atoms. The minimum atomic E-state index is -0.281. The standard InChI is InChI=1S/C13H19N3O3/c1-2-14-10-3-4-12(15-7-10)13(18)16-5-6-19-9-11(16)8-17/h3-4,7,11,14,17H,2,5-6,8-9H2,1H3. The molecule has 6 nitrogen and oxygen atoms in total. The molecule has 1 aromatic rings. The highest BCUT2D eigenvalue weighted by molar-refractivity contribution is 5.92. The summed E-state index contributed by atoms with van der Waals surface area (Å²) in [6.07, 6.45) is 1.64. The number of carbonyl (C=O) groups is 1. The van der Waals surface area contributed by atoms with Crippen molar-refractivity contribution >= 4 is 11.6 Å². The normalized spacial score (nSPS) is 19.3. The lowest BCUT2D eigenvalue weighted by Gasteiger charge is -2.34. The third-order valence-corrected chi connectivity index (χ3v) is 3.06. The summed E-state index contributed by atoms with van der Waals surface area (Å²) in [5.41, 5.74) is 1.28. The van der Waals surface area contributed by atoms with E-state index < -0.39 is 0 Å². The predicted molar refractivity (Wildman–Crippen MR) is 71.1 cm³/mol. The molecule has 2 N–H and O–H groups in total. The summed E-state index contributed by atoms with van der Waals surface area (Å²) in [5.74, 6) is -0.162. The first-order valence-corrected chi connectivity index (χ1v) is 6.45. The minimum Gasteiger partial charge on any atom is -0.394 e. The van der Waals surface area contributed by atoms with Crippen LogP contribution in [0, 0.1) is 0 Å². The third-order valence-electron chi connectivity index (χ3n) is 3.06. The van der Waals surface area contributed by atoms with Crippen LogP contribution in [0.4, 0.5) is 5.69 Å². The van der Waals surface area contributed by atoms with Gasteiger partial charge >= 0.3 is 0 Å². The summed E-state index contributed by atoms with van der Waals surface area (Å²) >= 11 is 0. The predicted octanol–water partition coefficient (Wildman–Crippen LogP) is 0.347. The number of anilines is 1. The SMILES string of the molecule is CCNc1ccc(C(=O)N2CCOCC2CO)nc1. The fourth-order valence-corrected chi connectivity index (χ4v) is 2.05. The molecule has 0 aliphatic carbocycles. The molecule has 2 heterocycles. The zero-order chi connectivity index (χ0) is 13.7. The molecule has 0 aromatic carbocycles. The number of aliphatic hydroxyl groups excluding tert-OH is 1. The van der Waals surface area contributed by atoms with E-state index in [-0.39, 0.29) is 18.6 Å². The summed E-state index contributed by atoms with van der Waals surface area (Å²) in [7, 11) is 0. The summed E-state index contributed by atoms with van der Waals surface area (Å²) in [5, 5.41) is 12.4. The summed E-state index contributed by atoms with van der Waals surface area (Å²) < 4.78 is 5.26. The molecule has 1 fully saturated rings. The number of hydrogen-bond donors (Lipinski definition) is 2. The van der Waals surface area contributed by atoms with Gasteiger partial charge in [0, 0.05) is 13.1 Å². The van der Waals surface area contributed by atoms with Gasteiger partial charge in [0.05, 0.1) is 37.7 Å². The van der Waals surface area contributed by atoms with Gasteiger partial charge in [0.2, 0.25) is 0 Å². The fourth-order valence-electron chi connectivity index (χ4n) is 2.05. The van der Waals surface area contributed by atoms with Crippen molar-refractivity contribution in [1.82, 2.24) is 9.88 Å². The number of hydrogen-bond acceptors (Lipinski definition) is 5. The van der Waals surface area contributed by atoms with Gasteiger partial charge in [0.1, 0.15) is 5.69 Å². The molecule has 1 aromatic heterocycles. The van der Waals surface area contributed by atoms with Crippen molar-refractivity contribution in [3.8, 4) is 0 Å². The molecule has 1 amide bonds. The highest BCUT2D eigenvalue weighted by Crippen LogP contribution is 2.13. The van der Waals surface area contributed by atoms with Crippen molar-refractivity contribution in [3.63, 3.8) is 0 Å². The number of rotatable bonds is 4. The van der Waals surface area contributed by atoms with E-state index in [0.29, 0.717) is 25.5 Å². The third kappa shape index (κ3) is 3.21. The molecule has 0 radical (unpaired) electrons. The number of aromatic nitrogens is 1. The first-order valence-electron chi connectivity index (χ1n) is 6.45. The molecular weight excluding hydrogens is 246 g/mol. The van der Waals surface area contributed by atoms with Gasteiger partial charge in [-0.15, -0.1) is 0 Å². The Morgan fingerprint density at radius 1 is 1.63 bits per heavy atom. The first-order chi connectivity index (χ1) is 9.26. The maximum atomic E-state index is 12.3. The van der Waals surface area contributed by atoms with Crippen LogP contribution in [0.2, 0.25) is 0 Å². The van der Waals surface area contributed by atoms with E-state index in [0.717, 1.165) is 12.2 Å². The molecule has 1 saturated heterocycles. The summed E-state index contributed by atoms with van der Waals surface area (Å²) in [6.45, 7) is 4.07. The van der Waals surface area contributed by atoms with Crippen molar-refractivity contribution in [3.05, 3.63) is 24.0 Å². The maximum Gasteiger partial charge on any atom is 0.272 e. The highest BCUT2D eigenvalue weighted by atomic mass is 16.5. The number of amides is 1. The Labute approximate surface area is 112 Å². The van der Waals surface area contributed by atoms with Crippen molar-refractivity contribution in [2.45, 2.75) is 13.0 Å². The van der Waals surface area contributed by atoms with E-state index in [1.807, 2.05) is 13.0 Å². The zero-order valence-electron chi connectivity index (χ0n) is 11.0. The lowest BCUT2D eigenvalue weighted by molar-refractivity contribution is -0.0186. The highest BCUT2D eigenvalue weighted by Gasteiger charge is 2.28. The van der Waals surface area contributed by atoms with Crippen LogP contribution in [-0.2, 0) is 4.74 Å². The van der Waals surface area contributed by atoms with Crippen molar-refractivity contribution in [2.75, 3.05) is 38.2 Å². The Bertz CT molecular complexity index is 422. The van der Waals surface area contributed by atoms with Gasteiger partial charge in [-0.1, -0.05) is 0 Å². The summed E-state index contributed by atoms with van der Waals surface area (Å²) in [6, 6.07) is 3.25. The summed E-state index contributed by atoms with van der Waals surface area (Å²) in [4.78, 5) is 18.1. The number of nitrogens with one attached hydrogen (secondary N) is 1. The molecule has 1 atom stereocenters. The number of ether oxygens (including phenoxy) is 1. The van der Waals surface area contributed by atoms with Crippen LogP contribution in [0.5, 0.6) is 0 Å². The van der Waals surface area contributed by atoms with Crippen molar-refractivity contribution in [2.24, 2.45) is 0 Å². The molecular formula is C13H19N3O3. The van der Waals surface area contributed by atoms with Crippen molar-refractivity contribution < 1.29 is 14.6 Å². The van der Waals surface area contributed by atoms with Crippen LogP contribution in [-0.4, -0.2) is 59.8 Å². The van der Waals surface area contributed by atoms with Crippen LogP contribution < -0.4 is 5.32 Å². The Hall–Kier alpha value is -1.66. The second-order valence-electron chi connectivity index (χ2n) is 4.37. The van der Waals surface area contributed by atoms with E-state index in [4.69, 9.17) is 4.74 Å². The lowest BCUT2D eigenvalue weighted by Crippen LogP contribution is -2.50. The Morgan fingerprint density at radius 2 is 2.47 bits per heavy atom. The van der Waals surface area contributed by atoms with Gasteiger partial charge in [-0.2, -0.15) is 0 Å². The quantitative estimate of drug-likeness (QED) is 0.821. The van der Waals surface area contributed by atoms with Crippen LogP contribution in [0.3, 0.4) is 0 Å². The van der Waals surface area contributed by atoms with E-state index in [9.17, 15) is 9.90 Å². The smallest absolute Gasteiger partial charge is 0.272 e. The van der Waals surface area contributed by atoms with Crippen LogP contribution in [0.1, 0.15) is 17.4 Å². The Morgan fingerprint density at radius 3 is 3.11 bits per heavy atom. The van der Waals surface area contributed by atoms with E-state index >= 15 is 0 Å². The lowest BCUT2D eigenvalue weighted by atomic mass is 10.2. The molecule has 1 aliphatic rings. The molecule has 1 aliphatic heterocycles.